The number of ether oxygens (including phenoxy) is 1. The van der Waals surface area contributed by atoms with Crippen LogP contribution in [0.5, 0.6) is 5.75 Å². The van der Waals surface area contributed by atoms with E-state index in [1.165, 1.54) is 0 Å². The largest absolute Gasteiger partial charge is 0.495 e. The Hall–Kier alpha value is -1.48. The van der Waals surface area contributed by atoms with E-state index in [4.69, 9.17) is 9.15 Å². The topological polar surface area (TPSA) is 22.4 Å². The minimum Gasteiger partial charge on any atom is -0.495 e. The van der Waals surface area contributed by atoms with Crippen LogP contribution >= 0.6 is 15.9 Å². The first-order valence-corrected chi connectivity index (χ1v) is 5.73. The Balaban J connectivity index is 2.46. The van der Waals surface area contributed by atoms with Crippen LogP contribution in [-0.4, -0.2) is 7.11 Å². The Bertz CT molecular complexity index is 670. The molecule has 1 heterocycles. The molecule has 80 valence electrons. The molecule has 0 atom stereocenters. The summed E-state index contributed by atoms with van der Waals surface area (Å²) in [6, 6.07) is 11.9. The molecule has 3 heteroatoms. The summed E-state index contributed by atoms with van der Waals surface area (Å²) in [5, 5.41) is 2.23. The number of methoxy groups -OCH3 is 1. The van der Waals surface area contributed by atoms with E-state index in [1.54, 1.807) is 7.11 Å². The molecule has 2 aromatic carbocycles. The number of para-hydroxylation sites is 1. The molecule has 0 bridgehead atoms. The Morgan fingerprint density at radius 2 is 1.88 bits per heavy atom. The lowest BCUT2D eigenvalue weighted by Gasteiger charge is -2.01. The molecule has 2 nitrogen and oxygen atoms in total. The number of fused-ring (bicyclic) bond motifs is 3. The van der Waals surface area contributed by atoms with Crippen LogP contribution in [0.15, 0.2) is 45.3 Å². The fourth-order valence-electron chi connectivity index (χ4n) is 1.88. The van der Waals surface area contributed by atoms with Crippen molar-refractivity contribution in [1.29, 1.82) is 0 Å². The van der Waals surface area contributed by atoms with Crippen molar-refractivity contribution in [2.75, 3.05) is 7.11 Å². The number of benzene rings is 2. The van der Waals surface area contributed by atoms with Gasteiger partial charge in [-0.2, -0.15) is 0 Å². The molecular formula is C13H9BrO2. The van der Waals surface area contributed by atoms with E-state index in [0.717, 1.165) is 32.2 Å². The lowest BCUT2D eigenvalue weighted by Crippen LogP contribution is -1.83. The molecular weight excluding hydrogens is 268 g/mol. The Morgan fingerprint density at radius 3 is 2.69 bits per heavy atom. The monoisotopic (exact) mass is 276 g/mol. The van der Waals surface area contributed by atoms with Gasteiger partial charge in [0.1, 0.15) is 16.9 Å². The van der Waals surface area contributed by atoms with Crippen molar-refractivity contribution in [2.45, 2.75) is 0 Å². The van der Waals surface area contributed by atoms with Crippen molar-refractivity contribution in [2.24, 2.45) is 0 Å². The first kappa shape index (κ1) is 9.73. The van der Waals surface area contributed by atoms with Crippen LogP contribution in [0.3, 0.4) is 0 Å². The molecule has 0 fully saturated rings. The van der Waals surface area contributed by atoms with Gasteiger partial charge < -0.3 is 9.15 Å². The van der Waals surface area contributed by atoms with Crippen LogP contribution < -0.4 is 4.74 Å². The number of hydrogen-bond acceptors (Lipinski definition) is 2. The smallest absolute Gasteiger partial charge is 0.139 e. The van der Waals surface area contributed by atoms with Gasteiger partial charge in [0.05, 0.1) is 11.6 Å². The maximum Gasteiger partial charge on any atom is 0.139 e. The third kappa shape index (κ3) is 1.32. The highest BCUT2D eigenvalue weighted by molar-refractivity contribution is 9.10. The van der Waals surface area contributed by atoms with Crippen LogP contribution in [0.1, 0.15) is 0 Å². The molecule has 0 amide bonds. The molecule has 16 heavy (non-hydrogen) atoms. The maximum atomic E-state index is 5.75. The van der Waals surface area contributed by atoms with Crippen molar-refractivity contribution in [3.05, 3.63) is 40.9 Å². The predicted molar refractivity (Wildman–Crippen MR) is 68.0 cm³/mol. The molecule has 0 saturated carbocycles. The molecule has 3 rings (SSSR count). The Kier molecular flexibility index (Phi) is 2.14. The standard InChI is InChI=1S/C13H9BrO2/c1-15-13-7-12-9(6-10(13)14)8-4-2-3-5-11(8)16-12/h2-7H,1H3. The quantitative estimate of drug-likeness (QED) is 0.659. The minimum absolute atomic E-state index is 0.784. The van der Waals surface area contributed by atoms with Gasteiger partial charge in [-0.05, 0) is 28.1 Å². The first-order valence-electron chi connectivity index (χ1n) is 4.94. The Morgan fingerprint density at radius 1 is 1.06 bits per heavy atom. The van der Waals surface area contributed by atoms with E-state index >= 15 is 0 Å². The van der Waals surface area contributed by atoms with E-state index in [2.05, 4.69) is 22.0 Å². The van der Waals surface area contributed by atoms with Gasteiger partial charge in [-0.3, -0.25) is 0 Å². The fraction of sp³-hybridized carbons (Fsp3) is 0.0769. The van der Waals surface area contributed by atoms with E-state index in [9.17, 15) is 0 Å². The highest BCUT2D eigenvalue weighted by Crippen LogP contribution is 2.35. The van der Waals surface area contributed by atoms with Gasteiger partial charge in [-0.1, -0.05) is 18.2 Å². The number of rotatable bonds is 1. The SMILES string of the molecule is COc1cc2oc3ccccc3c2cc1Br. The zero-order valence-electron chi connectivity index (χ0n) is 8.66. The molecule has 0 saturated heterocycles. The second-order valence-corrected chi connectivity index (χ2v) is 4.44. The van der Waals surface area contributed by atoms with Crippen molar-refractivity contribution in [3.63, 3.8) is 0 Å². The van der Waals surface area contributed by atoms with Crippen molar-refractivity contribution < 1.29 is 9.15 Å². The molecule has 0 aliphatic carbocycles. The van der Waals surface area contributed by atoms with E-state index in [1.807, 2.05) is 30.3 Å². The minimum atomic E-state index is 0.784. The molecule has 0 unspecified atom stereocenters. The van der Waals surface area contributed by atoms with Crippen LogP contribution in [0.2, 0.25) is 0 Å². The molecule has 1 aromatic heterocycles. The van der Waals surface area contributed by atoms with Gasteiger partial charge in [0.25, 0.3) is 0 Å². The highest BCUT2D eigenvalue weighted by Gasteiger charge is 2.09. The fourth-order valence-corrected chi connectivity index (χ4v) is 2.39. The Labute approximate surface area is 101 Å². The number of halogens is 1. The average Bonchev–Trinajstić information content (AvgIpc) is 2.66. The van der Waals surface area contributed by atoms with Gasteiger partial charge in [0.2, 0.25) is 0 Å². The summed E-state index contributed by atoms with van der Waals surface area (Å²) in [5.41, 5.74) is 1.75. The predicted octanol–water partition coefficient (Wildman–Crippen LogP) is 4.36. The third-order valence-corrected chi connectivity index (χ3v) is 3.27. The van der Waals surface area contributed by atoms with Crippen LogP contribution in [0, 0.1) is 0 Å². The molecule has 0 N–H and O–H groups in total. The summed E-state index contributed by atoms with van der Waals surface area (Å²) in [4.78, 5) is 0. The van der Waals surface area contributed by atoms with Gasteiger partial charge in [-0.25, -0.2) is 0 Å². The molecule has 0 radical (unpaired) electrons. The summed E-state index contributed by atoms with van der Waals surface area (Å²) in [6.07, 6.45) is 0. The summed E-state index contributed by atoms with van der Waals surface area (Å²) >= 11 is 3.48. The van der Waals surface area contributed by atoms with Crippen molar-refractivity contribution in [3.8, 4) is 5.75 Å². The lowest BCUT2D eigenvalue weighted by atomic mass is 10.1. The molecule has 0 aliphatic heterocycles. The van der Waals surface area contributed by atoms with Gasteiger partial charge >= 0.3 is 0 Å². The average molecular weight is 277 g/mol. The molecule has 0 aliphatic rings. The third-order valence-electron chi connectivity index (χ3n) is 2.65. The van der Waals surface area contributed by atoms with E-state index in [0.29, 0.717) is 0 Å². The summed E-state index contributed by atoms with van der Waals surface area (Å²) in [5.74, 6) is 0.784. The zero-order valence-corrected chi connectivity index (χ0v) is 10.2. The van der Waals surface area contributed by atoms with Crippen LogP contribution in [0.25, 0.3) is 21.9 Å². The van der Waals surface area contributed by atoms with Gasteiger partial charge in [-0.15, -0.1) is 0 Å². The van der Waals surface area contributed by atoms with Crippen molar-refractivity contribution >= 4 is 37.9 Å². The van der Waals surface area contributed by atoms with Crippen LogP contribution in [0.4, 0.5) is 0 Å². The van der Waals surface area contributed by atoms with Gasteiger partial charge in [0, 0.05) is 16.8 Å². The lowest BCUT2D eigenvalue weighted by molar-refractivity contribution is 0.412. The van der Waals surface area contributed by atoms with Gasteiger partial charge in [0.15, 0.2) is 0 Å². The van der Waals surface area contributed by atoms with E-state index in [-0.39, 0.29) is 0 Å². The van der Waals surface area contributed by atoms with Crippen LogP contribution in [-0.2, 0) is 0 Å². The maximum absolute atomic E-state index is 5.75. The summed E-state index contributed by atoms with van der Waals surface area (Å²) in [7, 11) is 1.65. The first-order chi connectivity index (χ1) is 7.79. The summed E-state index contributed by atoms with van der Waals surface area (Å²) < 4.78 is 11.9. The normalized spacial score (nSPS) is 11.1. The summed E-state index contributed by atoms with van der Waals surface area (Å²) in [6.45, 7) is 0. The second-order valence-electron chi connectivity index (χ2n) is 3.58. The molecule has 3 aromatic rings. The number of furan rings is 1. The highest BCUT2D eigenvalue weighted by atomic mass is 79.9. The zero-order chi connectivity index (χ0) is 11.1. The number of hydrogen-bond donors (Lipinski definition) is 0. The van der Waals surface area contributed by atoms with Crippen molar-refractivity contribution in [1.82, 2.24) is 0 Å². The second kappa shape index (κ2) is 3.52. The molecule has 0 spiro atoms. The van der Waals surface area contributed by atoms with E-state index < -0.39 is 0 Å².